The van der Waals surface area contributed by atoms with Crippen LogP contribution in [0.5, 0.6) is 0 Å². The number of aromatic nitrogens is 3. The van der Waals surface area contributed by atoms with Gasteiger partial charge in [0.2, 0.25) is 11.1 Å². The first-order valence-electron chi connectivity index (χ1n) is 12.6. The van der Waals surface area contributed by atoms with Gasteiger partial charge in [0.05, 0.1) is 5.57 Å². The largest absolute Gasteiger partial charge is 0.328 e. The molecule has 3 aromatic carbocycles. The van der Waals surface area contributed by atoms with Crippen molar-refractivity contribution in [1.29, 1.82) is 0 Å². The van der Waals surface area contributed by atoms with Crippen molar-refractivity contribution in [2.45, 2.75) is 51.1 Å². The quantitative estimate of drug-likeness (QED) is 0.239. The summed E-state index contributed by atoms with van der Waals surface area (Å²) in [6.45, 7) is 8.10. The Hall–Kier alpha value is -3.55. The van der Waals surface area contributed by atoms with Crippen LogP contribution in [0.15, 0.2) is 83.2 Å². The number of allylic oxidation sites excluding steroid dienone is 1. The first-order valence-corrected chi connectivity index (χ1v) is 14.0. The number of carbonyl (C=O) groups is 1. The third-order valence-corrected chi connectivity index (χ3v) is 7.85. The van der Waals surface area contributed by atoms with E-state index in [0.717, 1.165) is 40.1 Å². The third-order valence-electron chi connectivity index (χ3n) is 6.69. The predicted molar refractivity (Wildman–Crippen MR) is 156 cm³/mol. The summed E-state index contributed by atoms with van der Waals surface area (Å²) in [5.41, 5.74) is 7.69. The van der Waals surface area contributed by atoms with Gasteiger partial charge in [0.15, 0.2) is 0 Å². The molecule has 6 nitrogen and oxygen atoms in total. The zero-order valence-corrected chi connectivity index (χ0v) is 23.5. The lowest BCUT2D eigenvalue weighted by Crippen LogP contribution is -2.31. The van der Waals surface area contributed by atoms with Gasteiger partial charge in [-0.3, -0.25) is 4.79 Å². The standard InChI is InChI=1S/C30H30ClN5OS/c1-5-21-7-11-23(12-8-21)27-26(28(37)33-25-15-6-18(2)16-19(25)3)20(4)32-29-34-30(35-36(27)29)38-17-22-9-13-24(31)14-10-22/h6-16,27H,5,17H2,1-4H3,(H,33,37)(H,32,34,35). The maximum atomic E-state index is 13.8. The number of amides is 1. The minimum atomic E-state index is -0.416. The van der Waals surface area contributed by atoms with Gasteiger partial charge in [-0.2, -0.15) is 4.98 Å². The summed E-state index contributed by atoms with van der Waals surface area (Å²) in [7, 11) is 0. The number of fused-ring (bicyclic) bond motifs is 1. The van der Waals surface area contributed by atoms with E-state index in [4.69, 9.17) is 21.7 Å². The Balaban J connectivity index is 1.49. The van der Waals surface area contributed by atoms with Crippen LogP contribution in [0.1, 0.15) is 47.7 Å². The molecule has 2 N–H and O–H groups in total. The van der Waals surface area contributed by atoms with Crippen LogP contribution in [0, 0.1) is 13.8 Å². The van der Waals surface area contributed by atoms with Crippen molar-refractivity contribution in [2.24, 2.45) is 0 Å². The van der Waals surface area contributed by atoms with Gasteiger partial charge in [-0.05, 0) is 67.6 Å². The van der Waals surface area contributed by atoms with Gasteiger partial charge in [-0.15, -0.1) is 5.10 Å². The van der Waals surface area contributed by atoms with E-state index in [1.807, 2.05) is 61.9 Å². The zero-order valence-electron chi connectivity index (χ0n) is 21.9. The van der Waals surface area contributed by atoms with Gasteiger partial charge in [0.1, 0.15) is 6.04 Å². The number of halogens is 1. The van der Waals surface area contributed by atoms with Gasteiger partial charge in [-0.1, -0.05) is 84.4 Å². The topological polar surface area (TPSA) is 71.8 Å². The molecule has 5 rings (SSSR count). The number of rotatable bonds is 7. The van der Waals surface area contributed by atoms with Crippen molar-refractivity contribution in [1.82, 2.24) is 14.8 Å². The first-order chi connectivity index (χ1) is 18.3. The molecular formula is C30H30ClN5OS. The van der Waals surface area contributed by atoms with E-state index in [1.165, 1.54) is 5.56 Å². The lowest BCUT2D eigenvalue weighted by Gasteiger charge is -2.29. The Morgan fingerprint density at radius 1 is 1.03 bits per heavy atom. The van der Waals surface area contributed by atoms with E-state index < -0.39 is 6.04 Å². The van der Waals surface area contributed by atoms with Crippen molar-refractivity contribution in [3.8, 4) is 0 Å². The molecular weight excluding hydrogens is 514 g/mol. The number of benzene rings is 3. The average Bonchev–Trinajstić information content (AvgIpc) is 3.31. The molecule has 0 spiro atoms. The fraction of sp³-hybridized carbons (Fsp3) is 0.233. The molecule has 0 bridgehead atoms. The van der Waals surface area contributed by atoms with Crippen LogP contribution in [0.3, 0.4) is 0 Å². The lowest BCUT2D eigenvalue weighted by atomic mass is 9.94. The molecule has 38 heavy (non-hydrogen) atoms. The number of aryl methyl sites for hydroxylation is 3. The lowest BCUT2D eigenvalue weighted by molar-refractivity contribution is -0.113. The Bertz CT molecular complexity index is 1510. The van der Waals surface area contributed by atoms with E-state index in [1.54, 1.807) is 11.8 Å². The Kier molecular flexibility index (Phi) is 7.58. The molecule has 1 aromatic heterocycles. The number of hydrogen-bond donors (Lipinski definition) is 2. The Morgan fingerprint density at radius 2 is 1.74 bits per heavy atom. The van der Waals surface area contributed by atoms with Crippen molar-refractivity contribution >= 4 is 40.9 Å². The maximum Gasteiger partial charge on any atom is 0.255 e. The molecule has 1 aliphatic rings. The fourth-order valence-electron chi connectivity index (χ4n) is 4.60. The molecule has 0 aliphatic carbocycles. The third kappa shape index (κ3) is 5.49. The Labute approximate surface area is 232 Å². The summed E-state index contributed by atoms with van der Waals surface area (Å²) < 4.78 is 1.83. The highest BCUT2D eigenvalue weighted by atomic mass is 35.5. The smallest absolute Gasteiger partial charge is 0.255 e. The number of thioether (sulfide) groups is 1. The van der Waals surface area contributed by atoms with Crippen molar-refractivity contribution < 1.29 is 4.79 Å². The van der Waals surface area contributed by atoms with Gasteiger partial charge >= 0.3 is 0 Å². The summed E-state index contributed by atoms with van der Waals surface area (Å²) in [5.74, 6) is 1.17. The van der Waals surface area contributed by atoms with Gasteiger partial charge in [0.25, 0.3) is 5.91 Å². The normalized spacial score (nSPS) is 14.7. The first kappa shape index (κ1) is 26.1. The average molecular weight is 544 g/mol. The molecule has 0 saturated heterocycles. The van der Waals surface area contributed by atoms with Gasteiger partial charge in [0, 0.05) is 22.2 Å². The second-order valence-electron chi connectivity index (χ2n) is 9.51. The van der Waals surface area contributed by atoms with E-state index in [2.05, 4.69) is 47.9 Å². The van der Waals surface area contributed by atoms with E-state index in [9.17, 15) is 4.79 Å². The summed E-state index contributed by atoms with van der Waals surface area (Å²) in [6.07, 6.45) is 0.946. The molecule has 0 radical (unpaired) electrons. The SMILES string of the molecule is CCc1ccc(C2C(C(=O)Nc3ccc(C)cc3C)=C(C)Nc3nc(SCc4ccc(Cl)cc4)nn32)cc1. The van der Waals surface area contributed by atoms with Gasteiger partial charge in [-0.25, -0.2) is 4.68 Å². The Morgan fingerprint density at radius 3 is 2.42 bits per heavy atom. The van der Waals surface area contributed by atoms with Crippen LogP contribution >= 0.6 is 23.4 Å². The van der Waals surface area contributed by atoms with E-state index in [0.29, 0.717) is 27.5 Å². The zero-order chi connectivity index (χ0) is 26.8. The molecule has 0 saturated carbocycles. The monoisotopic (exact) mass is 543 g/mol. The minimum Gasteiger partial charge on any atom is -0.328 e. The molecule has 4 aromatic rings. The molecule has 8 heteroatoms. The second kappa shape index (κ2) is 11.1. The van der Waals surface area contributed by atoms with Crippen LogP contribution < -0.4 is 10.6 Å². The van der Waals surface area contributed by atoms with Crippen LogP contribution in [-0.4, -0.2) is 20.7 Å². The maximum absolute atomic E-state index is 13.8. The summed E-state index contributed by atoms with van der Waals surface area (Å²) in [4.78, 5) is 18.5. The summed E-state index contributed by atoms with van der Waals surface area (Å²) in [5, 5.41) is 12.7. The van der Waals surface area contributed by atoms with Crippen LogP contribution in [0.4, 0.5) is 11.6 Å². The van der Waals surface area contributed by atoms with Crippen molar-refractivity contribution in [2.75, 3.05) is 10.6 Å². The van der Waals surface area contributed by atoms with Crippen LogP contribution in [0.25, 0.3) is 0 Å². The molecule has 194 valence electrons. The predicted octanol–water partition coefficient (Wildman–Crippen LogP) is 7.33. The molecule has 2 heterocycles. The highest BCUT2D eigenvalue weighted by Crippen LogP contribution is 2.37. The highest BCUT2D eigenvalue weighted by molar-refractivity contribution is 7.98. The number of nitrogens with zero attached hydrogens (tertiary/aromatic N) is 3. The summed E-state index contributed by atoms with van der Waals surface area (Å²) in [6, 6.07) is 21.8. The summed E-state index contributed by atoms with van der Waals surface area (Å²) >= 11 is 7.58. The number of nitrogens with one attached hydrogen (secondary N) is 2. The van der Waals surface area contributed by atoms with Crippen molar-refractivity contribution in [3.05, 3.63) is 111 Å². The molecule has 1 unspecified atom stereocenters. The molecule has 1 aliphatic heterocycles. The number of carbonyl (C=O) groups excluding carboxylic acids is 1. The fourth-order valence-corrected chi connectivity index (χ4v) is 5.51. The minimum absolute atomic E-state index is 0.164. The molecule has 1 amide bonds. The van der Waals surface area contributed by atoms with E-state index >= 15 is 0 Å². The molecule has 0 fully saturated rings. The van der Waals surface area contributed by atoms with Crippen LogP contribution in [-0.2, 0) is 17.0 Å². The second-order valence-corrected chi connectivity index (χ2v) is 10.9. The van der Waals surface area contributed by atoms with E-state index in [-0.39, 0.29) is 5.91 Å². The van der Waals surface area contributed by atoms with Crippen LogP contribution in [0.2, 0.25) is 5.02 Å². The number of hydrogen-bond acceptors (Lipinski definition) is 5. The van der Waals surface area contributed by atoms with Crippen molar-refractivity contribution in [3.63, 3.8) is 0 Å². The highest BCUT2D eigenvalue weighted by Gasteiger charge is 2.34. The molecule has 1 atom stereocenters. The number of anilines is 2. The van der Waals surface area contributed by atoms with Gasteiger partial charge < -0.3 is 10.6 Å².